The maximum atomic E-state index is 11.9. The number of hydrogen-bond acceptors (Lipinski definition) is 5. The zero-order chi connectivity index (χ0) is 22.0. The summed E-state index contributed by atoms with van der Waals surface area (Å²) in [5.74, 6) is 2.71. The number of nitrogen functional groups attached to an aromatic ring is 1. The summed E-state index contributed by atoms with van der Waals surface area (Å²) in [6, 6.07) is 22.4. The van der Waals surface area contributed by atoms with Gasteiger partial charge in [-0.05, 0) is 93.6 Å². The van der Waals surface area contributed by atoms with Crippen LogP contribution in [-0.2, 0) is 4.74 Å². The van der Waals surface area contributed by atoms with Crippen molar-refractivity contribution < 1.29 is 18.4 Å². The van der Waals surface area contributed by atoms with E-state index in [1.807, 2.05) is 81.4 Å². The number of anilines is 2. The number of nitrogens with two attached hydrogens (primary N) is 1. The van der Waals surface area contributed by atoms with Crippen molar-refractivity contribution in [1.29, 1.82) is 0 Å². The highest BCUT2D eigenvalue weighted by molar-refractivity contribution is 5.85. The standard InChI is InChI=1S/C25H24N2O4/c1-25(2,3)31-24(28)27-19-10-6-17(7-11-19)21-13-15-23(30-21)22-14-12-20(29-22)16-4-8-18(26)9-5-16/h4-15H,26H2,1-3H3,(H,27,28). The number of carbonyl (C=O) groups excluding carboxylic acids is 1. The number of hydrogen-bond donors (Lipinski definition) is 2. The van der Waals surface area contributed by atoms with E-state index < -0.39 is 11.7 Å². The summed E-state index contributed by atoms with van der Waals surface area (Å²) in [5, 5.41) is 2.72. The Kier molecular flexibility index (Phi) is 5.29. The number of carbonyl (C=O) groups is 1. The highest BCUT2D eigenvalue weighted by Crippen LogP contribution is 2.33. The van der Waals surface area contributed by atoms with Crippen LogP contribution in [0, 0.1) is 0 Å². The molecule has 0 fully saturated rings. The molecule has 0 atom stereocenters. The Hall–Kier alpha value is -3.93. The van der Waals surface area contributed by atoms with Gasteiger partial charge in [-0.1, -0.05) is 0 Å². The van der Waals surface area contributed by atoms with Gasteiger partial charge in [0.05, 0.1) is 0 Å². The van der Waals surface area contributed by atoms with Gasteiger partial charge in [-0.2, -0.15) is 0 Å². The molecule has 0 saturated heterocycles. The van der Waals surface area contributed by atoms with Crippen LogP contribution in [-0.4, -0.2) is 11.7 Å². The second-order valence-electron chi connectivity index (χ2n) is 8.15. The third-order valence-corrected chi connectivity index (χ3v) is 4.46. The third-order valence-electron chi connectivity index (χ3n) is 4.46. The number of ether oxygens (including phenoxy) is 1. The Labute approximate surface area is 180 Å². The van der Waals surface area contributed by atoms with Gasteiger partial charge in [0, 0.05) is 22.5 Å². The Balaban J connectivity index is 1.46. The van der Waals surface area contributed by atoms with Crippen molar-refractivity contribution in [3.05, 3.63) is 72.8 Å². The number of rotatable bonds is 4. The van der Waals surface area contributed by atoms with Crippen LogP contribution in [0.1, 0.15) is 20.8 Å². The van der Waals surface area contributed by atoms with E-state index >= 15 is 0 Å². The minimum atomic E-state index is -0.547. The summed E-state index contributed by atoms with van der Waals surface area (Å²) >= 11 is 0. The minimum Gasteiger partial charge on any atom is -0.453 e. The van der Waals surface area contributed by atoms with Crippen molar-refractivity contribution in [3.8, 4) is 34.2 Å². The molecule has 0 unspecified atom stereocenters. The Bertz CT molecular complexity index is 1180. The Morgan fingerprint density at radius 1 is 0.742 bits per heavy atom. The summed E-state index contributed by atoms with van der Waals surface area (Å²) in [6.07, 6.45) is -0.490. The molecule has 0 aliphatic carbocycles. The summed E-state index contributed by atoms with van der Waals surface area (Å²) < 4.78 is 17.2. The molecule has 0 aliphatic rings. The fraction of sp³-hybridized carbons (Fsp3) is 0.160. The minimum absolute atomic E-state index is 0.490. The molecule has 1 amide bonds. The topological polar surface area (TPSA) is 90.6 Å². The molecule has 0 spiro atoms. The molecule has 4 aromatic rings. The maximum absolute atomic E-state index is 11.9. The molecule has 3 N–H and O–H groups in total. The second-order valence-corrected chi connectivity index (χ2v) is 8.15. The van der Waals surface area contributed by atoms with Crippen LogP contribution in [0.5, 0.6) is 0 Å². The van der Waals surface area contributed by atoms with Crippen LogP contribution in [0.4, 0.5) is 16.2 Å². The molecule has 4 rings (SSSR count). The predicted molar refractivity (Wildman–Crippen MR) is 122 cm³/mol. The van der Waals surface area contributed by atoms with Crippen LogP contribution >= 0.6 is 0 Å². The first-order valence-electron chi connectivity index (χ1n) is 9.93. The molecule has 2 heterocycles. The van der Waals surface area contributed by atoms with Crippen molar-refractivity contribution in [2.24, 2.45) is 0 Å². The molecule has 2 aromatic carbocycles. The van der Waals surface area contributed by atoms with Crippen LogP contribution in [0.15, 0.2) is 81.6 Å². The molecule has 2 aromatic heterocycles. The van der Waals surface area contributed by atoms with Gasteiger partial charge >= 0.3 is 6.09 Å². The van der Waals surface area contributed by atoms with E-state index in [1.54, 1.807) is 12.1 Å². The summed E-state index contributed by atoms with van der Waals surface area (Å²) in [5.41, 5.74) is 8.37. The van der Waals surface area contributed by atoms with E-state index in [-0.39, 0.29) is 0 Å². The lowest BCUT2D eigenvalue weighted by molar-refractivity contribution is 0.0636. The predicted octanol–water partition coefficient (Wildman–Crippen LogP) is 6.80. The molecule has 0 saturated carbocycles. The Morgan fingerprint density at radius 3 is 1.68 bits per heavy atom. The molecule has 0 aliphatic heterocycles. The first kappa shape index (κ1) is 20.3. The smallest absolute Gasteiger partial charge is 0.412 e. The fourth-order valence-electron chi connectivity index (χ4n) is 3.04. The van der Waals surface area contributed by atoms with Gasteiger partial charge < -0.3 is 19.3 Å². The molecular formula is C25H24N2O4. The van der Waals surface area contributed by atoms with Crippen LogP contribution < -0.4 is 11.1 Å². The summed E-state index contributed by atoms with van der Waals surface area (Å²) in [4.78, 5) is 11.9. The van der Waals surface area contributed by atoms with E-state index in [1.165, 1.54) is 0 Å². The molecule has 0 bridgehead atoms. The number of furan rings is 2. The van der Waals surface area contributed by atoms with E-state index in [2.05, 4.69) is 5.32 Å². The number of nitrogens with one attached hydrogen (secondary N) is 1. The first-order valence-corrected chi connectivity index (χ1v) is 9.93. The number of amides is 1. The van der Waals surface area contributed by atoms with Crippen LogP contribution in [0.3, 0.4) is 0 Å². The SMILES string of the molecule is CC(C)(C)OC(=O)Nc1ccc(-c2ccc(-c3ccc(-c4ccc(N)cc4)o3)o2)cc1. The van der Waals surface area contributed by atoms with Gasteiger partial charge in [0.1, 0.15) is 17.1 Å². The van der Waals surface area contributed by atoms with Crippen molar-refractivity contribution in [1.82, 2.24) is 0 Å². The highest BCUT2D eigenvalue weighted by Gasteiger charge is 2.16. The lowest BCUT2D eigenvalue weighted by Gasteiger charge is -2.19. The normalized spacial score (nSPS) is 11.3. The third kappa shape index (κ3) is 4.98. The fourth-order valence-corrected chi connectivity index (χ4v) is 3.04. The van der Waals surface area contributed by atoms with Crippen molar-refractivity contribution in [2.75, 3.05) is 11.1 Å². The van der Waals surface area contributed by atoms with Crippen LogP contribution in [0.25, 0.3) is 34.2 Å². The van der Waals surface area contributed by atoms with E-state index in [4.69, 9.17) is 19.3 Å². The maximum Gasteiger partial charge on any atom is 0.412 e. The number of benzene rings is 2. The van der Waals surface area contributed by atoms with Gasteiger partial charge in [-0.15, -0.1) is 0 Å². The zero-order valence-corrected chi connectivity index (χ0v) is 17.6. The average molecular weight is 416 g/mol. The molecule has 6 heteroatoms. The molecule has 158 valence electrons. The Morgan fingerprint density at radius 2 is 1.19 bits per heavy atom. The van der Waals surface area contributed by atoms with E-state index in [9.17, 15) is 4.79 Å². The lowest BCUT2D eigenvalue weighted by Crippen LogP contribution is -2.27. The van der Waals surface area contributed by atoms with E-state index in [0.29, 0.717) is 28.7 Å². The zero-order valence-electron chi connectivity index (χ0n) is 17.6. The largest absolute Gasteiger partial charge is 0.453 e. The molecule has 31 heavy (non-hydrogen) atoms. The summed E-state index contributed by atoms with van der Waals surface area (Å²) in [6.45, 7) is 5.46. The van der Waals surface area contributed by atoms with Gasteiger partial charge in [-0.25, -0.2) is 4.79 Å². The quantitative estimate of drug-likeness (QED) is 0.357. The lowest BCUT2D eigenvalue weighted by atomic mass is 10.1. The second kappa shape index (κ2) is 8.07. The first-order chi connectivity index (χ1) is 14.8. The van der Waals surface area contributed by atoms with Crippen molar-refractivity contribution >= 4 is 17.5 Å². The van der Waals surface area contributed by atoms with Gasteiger partial charge in [0.25, 0.3) is 0 Å². The van der Waals surface area contributed by atoms with E-state index in [0.717, 1.165) is 16.9 Å². The average Bonchev–Trinajstić information content (AvgIpc) is 3.37. The molecular weight excluding hydrogens is 392 g/mol. The molecule has 6 nitrogen and oxygen atoms in total. The molecule has 0 radical (unpaired) electrons. The van der Waals surface area contributed by atoms with Gasteiger partial charge in [0.15, 0.2) is 11.5 Å². The van der Waals surface area contributed by atoms with Crippen molar-refractivity contribution in [2.45, 2.75) is 26.4 Å². The van der Waals surface area contributed by atoms with Gasteiger partial charge in [0.2, 0.25) is 0 Å². The summed E-state index contributed by atoms with van der Waals surface area (Å²) in [7, 11) is 0. The van der Waals surface area contributed by atoms with Crippen LogP contribution in [0.2, 0.25) is 0 Å². The van der Waals surface area contributed by atoms with Gasteiger partial charge in [-0.3, -0.25) is 5.32 Å². The monoisotopic (exact) mass is 416 g/mol. The highest BCUT2D eigenvalue weighted by atomic mass is 16.6. The van der Waals surface area contributed by atoms with Crippen molar-refractivity contribution in [3.63, 3.8) is 0 Å².